The van der Waals surface area contributed by atoms with Gasteiger partial charge in [-0.15, -0.1) is 11.8 Å². The van der Waals surface area contributed by atoms with Crippen LogP contribution >= 0.6 is 11.8 Å². The summed E-state index contributed by atoms with van der Waals surface area (Å²) >= 11 is 1.62. The lowest BCUT2D eigenvalue weighted by molar-refractivity contribution is 0.350. The van der Waals surface area contributed by atoms with Gasteiger partial charge in [0, 0.05) is 16.2 Å². The van der Waals surface area contributed by atoms with Crippen molar-refractivity contribution in [3.05, 3.63) is 65.0 Å². The van der Waals surface area contributed by atoms with Gasteiger partial charge in [0.05, 0.1) is 0 Å². The number of rotatable bonds is 3. The van der Waals surface area contributed by atoms with Crippen molar-refractivity contribution in [2.45, 2.75) is 17.6 Å². The lowest BCUT2D eigenvalue weighted by Gasteiger charge is -2.06. The zero-order chi connectivity index (χ0) is 14.4. The summed E-state index contributed by atoms with van der Waals surface area (Å²) in [5, 5.41) is 8.62. The highest BCUT2D eigenvalue weighted by atomic mass is 32.2. The van der Waals surface area contributed by atoms with Gasteiger partial charge in [-0.05, 0) is 36.2 Å². The Morgan fingerprint density at radius 3 is 2.70 bits per heavy atom. The molecule has 0 fully saturated rings. The third kappa shape index (κ3) is 3.86. The lowest BCUT2D eigenvalue weighted by Crippen LogP contribution is -1.90. The number of aliphatic hydroxyl groups is 1. The number of thioether (sulfide) groups is 1. The normalized spacial score (nSPS) is 9.95. The molecule has 0 aliphatic carbocycles. The van der Waals surface area contributed by atoms with Crippen molar-refractivity contribution in [2.75, 3.05) is 6.61 Å². The number of hydrogen-bond donors (Lipinski definition) is 1. The second kappa shape index (κ2) is 7.14. The van der Waals surface area contributed by atoms with Crippen molar-refractivity contribution < 1.29 is 9.50 Å². The SMILES string of the molecule is Cc1ccccc1SCc1ccc(C#CCO)cc1F. The highest BCUT2D eigenvalue weighted by Gasteiger charge is 2.05. The molecule has 0 heterocycles. The Bertz CT molecular complexity index is 656. The highest BCUT2D eigenvalue weighted by Crippen LogP contribution is 2.26. The fourth-order valence-corrected chi connectivity index (χ4v) is 2.77. The molecule has 0 atom stereocenters. The van der Waals surface area contributed by atoms with Crippen LogP contribution in [0.2, 0.25) is 0 Å². The molecule has 0 radical (unpaired) electrons. The summed E-state index contributed by atoms with van der Waals surface area (Å²) in [6.45, 7) is 1.83. The number of benzene rings is 2. The predicted molar refractivity (Wildman–Crippen MR) is 81.1 cm³/mol. The molecular weight excluding hydrogens is 271 g/mol. The van der Waals surface area contributed by atoms with Crippen molar-refractivity contribution in [1.29, 1.82) is 0 Å². The molecule has 3 heteroatoms. The fraction of sp³-hybridized carbons (Fsp3) is 0.176. The average molecular weight is 286 g/mol. The molecule has 0 bridgehead atoms. The molecule has 0 spiro atoms. The topological polar surface area (TPSA) is 20.2 Å². The number of aryl methyl sites for hydroxylation is 1. The second-order valence-corrected chi connectivity index (χ2v) is 5.34. The van der Waals surface area contributed by atoms with E-state index < -0.39 is 0 Å². The van der Waals surface area contributed by atoms with Gasteiger partial charge in [-0.3, -0.25) is 0 Å². The van der Waals surface area contributed by atoms with Crippen LogP contribution < -0.4 is 0 Å². The Morgan fingerprint density at radius 1 is 1.20 bits per heavy atom. The van der Waals surface area contributed by atoms with Crippen LogP contribution in [-0.2, 0) is 5.75 Å². The average Bonchev–Trinajstić information content (AvgIpc) is 2.45. The predicted octanol–water partition coefficient (Wildman–Crippen LogP) is 3.77. The van der Waals surface area contributed by atoms with Gasteiger partial charge < -0.3 is 5.11 Å². The molecule has 0 saturated carbocycles. The molecule has 102 valence electrons. The number of halogens is 1. The Labute approximate surface area is 122 Å². The van der Waals surface area contributed by atoms with Crippen LogP contribution in [0.1, 0.15) is 16.7 Å². The minimum Gasteiger partial charge on any atom is -0.384 e. The van der Waals surface area contributed by atoms with Crippen molar-refractivity contribution in [2.24, 2.45) is 0 Å². The molecule has 2 aromatic rings. The van der Waals surface area contributed by atoms with Gasteiger partial charge in [-0.25, -0.2) is 4.39 Å². The summed E-state index contributed by atoms with van der Waals surface area (Å²) in [6, 6.07) is 13.0. The van der Waals surface area contributed by atoms with E-state index >= 15 is 0 Å². The third-order valence-corrected chi connectivity index (χ3v) is 4.07. The van der Waals surface area contributed by atoms with Gasteiger partial charge >= 0.3 is 0 Å². The van der Waals surface area contributed by atoms with Crippen molar-refractivity contribution in [3.63, 3.8) is 0 Å². The maximum atomic E-state index is 13.9. The van der Waals surface area contributed by atoms with Crippen LogP contribution in [0, 0.1) is 24.6 Å². The van der Waals surface area contributed by atoms with Crippen LogP contribution in [0.3, 0.4) is 0 Å². The van der Waals surface area contributed by atoms with Crippen LogP contribution in [0.25, 0.3) is 0 Å². The smallest absolute Gasteiger partial charge is 0.128 e. The molecule has 0 saturated heterocycles. The molecule has 0 aromatic heterocycles. The summed E-state index contributed by atoms with van der Waals surface area (Å²) in [5.74, 6) is 5.54. The van der Waals surface area contributed by atoms with Crippen LogP contribution in [0.15, 0.2) is 47.4 Å². The largest absolute Gasteiger partial charge is 0.384 e. The minimum atomic E-state index is -0.254. The van der Waals surface area contributed by atoms with Crippen LogP contribution in [0.5, 0.6) is 0 Å². The van der Waals surface area contributed by atoms with E-state index in [1.54, 1.807) is 23.9 Å². The highest BCUT2D eigenvalue weighted by molar-refractivity contribution is 7.98. The van der Waals surface area contributed by atoms with Gasteiger partial charge in [0.2, 0.25) is 0 Å². The summed E-state index contributed by atoms with van der Waals surface area (Å²) in [4.78, 5) is 1.16. The van der Waals surface area contributed by atoms with E-state index in [9.17, 15) is 4.39 Å². The summed E-state index contributed by atoms with van der Waals surface area (Å²) in [6.07, 6.45) is 0. The Balaban J connectivity index is 2.09. The first-order chi connectivity index (χ1) is 9.70. The molecule has 0 unspecified atom stereocenters. The van der Waals surface area contributed by atoms with Crippen LogP contribution in [0.4, 0.5) is 4.39 Å². The first-order valence-electron chi connectivity index (χ1n) is 6.27. The van der Waals surface area contributed by atoms with E-state index in [0.29, 0.717) is 16.9 Å². The molecule has 2 aromatic carbocycles. The maximum absolute atomic E-state index is 13.9. The number of hydrogen-bond acceptors (Lipinski definition) is 2. The summed E-state index contributed by atoms with van der Waals surface area (Å²) in [5.41, 5.74) is 2.44. The van der Waals surface area contributed by atoms with E-state index in [1.807, 2.05) is 31.2 Å². The van der Waals surface area contributed by atoms with Gasteiger partial charge in [0.25, 0.3) is 0 Å². The minimum absolute atomic E-state index is 0.216. The summed E-state index contributed by atoms with van der Waals surface area (Å²) in [7, 11) is 0. The van der Waals surface area contributed by atoms with Crippen molar-refractivity contribution in [1.82, 2.24) is 0 Å². The monoisotopic (exact) mass is 286 g/mol. The molecular formula is C17H15FOS. The first kappa shape index (κ1) is 14.6. The van der Waals surface area contributed by atoms with Gasteiger partial charge in [-0.1, -0.05) is 36.1 Å². The van der Waals surface area contributed by atoms with E-state index in [4.69, 9.17) is 5.11 Å². The quantitative estimate of drug-likeness (QED) is 0.684. The van der Waals surface area contributed by atoms with E-state index in [2.05, 4.69) is 11.8 Å². The Morgan fingerprint density at radius 2 is 2.00 bits per heavy atom. The molecule has 1 N–H and O–H groups in total. The zero-order valence-electron chi connectivity index (χ0n) is 11.2. The molecule has 1 nitrogen and oxygen atoms in total. The maximum Gasteiger partial charge on any atom is 0.128 e. The van der Waals surface area contributed by atoms with Crippen molar-refractivity contribution in [3.8, 4) is 11.8 Å². The molecule has 2 rings (SSSR count). The van der Waals surface area contributed by atoms with Gasteiger partial charge in [0.1, 0.15) is 12.4 Å². The Kier molecular flexibility index (Phi) is 5.23. The van der Waals surface area contributed by atoms with Crippen LogP contribution in [-0.4, -0.2) is 11.7 Å². The molecule has 0 aliphatic heterocycles. The van der Waals surface area contributed by atoms with Gasteiger partial charge in [0.15, 0.2) is 0 Å². The standard InChI is InChI=1S/C17H15FOS/c1-13-5-2-3-7-17(13)20-12-15-9-8-14(6-4-10-19)11-16(15)18/h2-3,5,7-9,11,19H,10,12H2,1H3. The lowest BCUT2D eigenvalue weighted by atomic mass is 10.1. The zero-order valence-corrected chi connectivity index (χ0v) is 12.0. The van der Waals surface area contributed by atoms with E-state index in [1.165, 1.54) is 11.6 Å². The first-order valence-corrected chi connectivity index (χ1v) is 7.26. The summed E-state index contributed by atoms with van der Waals surface area (Å²) < 4.78 is 13.9. The van der Waals surface area contributed by atoms with E-state index in [0.717, 1.165) is 4.90 Å². The molecule has 0 aliphatic rings. The van der Waals surface area contributed by atoms with E-state index in [-0.39, 0.29) is 12.4 Å². The number of aliphatic hydroxyl groups excluding tert-OH is 1. The molecule has 20 heavy (non-hydrogen) atoms. The molecule has 0 amide bonds. The van der Waals surface area contributed by atoms with Crippen molar-refractivity contribution >= 4 is 11.8 Å². The fourth-order valence-electron chi connectivity index (χ4n) is 1.76. The Hall–Kier alpha value is -1.76. The van der Waals surface area contributed by atoms with Gasteiger partial charge in [-0.2, -0.15) is 0 Å². The third-order valence-electron chi connectivity index (χ3n) is 2.84. The second-order valence-electron chi connectivity index (χ2n) is 4.32.